The minimum Gasteiger partial charge on any atom is -0.333 e. The van der Waals surface area contributed by atoms with Gasteiger partial charge >= 0.3 is 6.18 Å². The Bertz CT molecular complexity index is 518. The number of hydrogen-bond acceptors (Lipinski definition) is 3. The van der Waals surface area contributed by atoms with Crippen LogP contribution in [0.1, 0.15) is 12.5 Å². The Morgan fingerprint density at radius 2 is 1.90 bits per heavy atom. The largest absolute Gasteiger partial charge is 0.418 e. The summed E-state index contributed by atoms with van der Waals surface area (Å²) in [5.74, 6) is -1.16. The molecule has 3 N–H and O–H groups in total. The normalized spacial score (nSPS) is 11.1. The minimum atomic E-state index is -4.57. The number of halogens is 3. The van der Waals surface area contributed by atoms with Gasteiger partial charge in [0.05, 0.1) is 24.3 Å². The highest BCUT2D eigenvalue weighted by Gasteiger charge is 2.33. The molecule has 0 fully saturated rings. The Morgan fingerprint density at radius 1 is 1.29 bits per heavy atom. The van der Waals surface area contributed by atoms with Crippen LogP contribution in [-0.4, -0.2) is 36.3 Å². The minimum absolute atomic E-state index is 0.240. The van der Waals surface area contributed by atoms with Crippen molar-refractivity contribution in [2.75, 3.05) is 25.0 Å². The molecule has 5 nitrogen and oxygen atoms in total. The standard InChI is InChI=1S/C13H16F3N3O2/c1-2-19(12(21)7-17)8-11(20)18-10-6-4-3-5-9(10)13(14,15)16/h3-6H,2,7-8,17H2,1H3,(H,18,20). The molecular formula is C13H16F3N3O2. The summed E-state index contributed by atoms with van der Waals surface area (Å²) in [6.07, 6.45) is -4.57. The zero-order chi connectivity index (χ0) is 16.0. The number of alkyl halides is 3. The fourth-order valence-electron chi connectivity index (χ4n) is 1.71. The quantitative estimate of drug-likeness (QED) is 0.864. The van der Waals surface area contributed by atoms with Gasteiger partial charge in [-0.25, -0.2) is 0 Å². The van der Waals surface area contributed by atoms with Crippen LogP contribution in [0.3, 0.4) is 0 Å². The van der Waals surface area contributed by atoms with Crippen LogP contribution >= 0.6 is 0 Å². The van der Waals surface area contributed by atoms with E-state index in [1.807, 2.05) is 0 Å². The number of likely N-dealkylation sites (N-methyl/N-ethyl adjacent to an activating group) is 1. The smallest absolute Gasteiger partial charge is 0.333 e. The third-order valence-electron chi connectivity index (χ3n) is 2.75. The lowest BCUT2D eigenvalue weighted by Crippen LogP contribution is -2.41. The summed E-state index contributed by atoms with van der Waals surface area (Å²) < 4.78 is 38.3. The van der Waals surface area contributed by atoms with Gasteiger partial charge in [-0.2, -0.15) is 13.2 Å². The van der Waals surface area contributed by atoms with E-state index in [1.165, 1.54) is 12.1 Å². The van der Waals surface area contributed by atoms with Crippen LogP contribution in [0.4, 0.5) is 18.9 Å². The molecule has 0 saturated heterocycles. The van der Waals surface area contributed by atoms with Crippen LogP contribution in [0.15, 0.2) is 24.3 Å². The van der Waals surface area contributed by atoms with Crippen molar-refractivity contribution < 1.29 is 22.8 Å². The fraction of sp³-hybridized carbons (Fsp3) is 0.385. The molecule has 0 aromatic heterocycles. The molecule has 0 aliphatic heterocycles. The molecule has 0 saturated carbocycles. The molecule has 0 bridgehead atoms. The Kier molecular flexibility index (Phi) is 5.71. The van der Waals surface area contributed by atoms with E-state index in [9.17, 15) is 22.8 Å². The zero-order valence-corrected chi connectivity index (χ0v) is 11.4. The van der Waals surface area contributed by atoms with E-state index in [0.717, 1.165) is 17.0 Å². The summed E-state index contributed by atoms with van der Waals surface area (Å²) in [6, 6.07) is 4.64. The number of benzene rings is 1. The van der Waals surface area contributed by atoms with E-state index >= 15 is 0 Å². The Labute approximate surface area is 119 Å². The maximum absolute atomic E-state index is 12.8. The van der Waals surface area contributed by atoms with E-state index in [1.54, 1.807) is 6.92 Å². The molecular weight excluding hydrogens is 287 g/mol. The average molecular weight is 303 g/mol. The molecule has 8 heteroatoms. The lowest BCUT2D eigenvalue weighted by molar-refractivity contribution is -0.137. The first kappa shape index (κ1) is 17.0. The van der Waals surface area contributed by atoms with Crippen molar-refractivity contribution in [1.82, 2.24) is 4.90 Å². The number of nitrogens with one attached hydrogen (secondary N) is 1. The maximum atomic E-state index is 12.8. The van der Waals surface area contributed by atoms with Gasteiger partial charge in [0, 0.05) is 6.54 Å². The van der Waals surface area contributed by atoms with Gasteiger partial charge in [0.1, 0.15) is 0 Å². The Balaban J connectivity index is 2.82. The van der Waals surface area contributed by atoms with Gasteiger partial charge in [-0.1, -0.05) is 12.1 Å². The molecule has 2 amide bonds. The second-order valence-electron chi connectivity index (χ2n) is 4.20. The molecule has 21 heavy (non-hydrogen) atoms. The molecule has 0 heterocycles. The summed E-state index contributed by atoms with van der Waals surface area (Å²) in [5, 5.41) is 2.17. The number of para-hydroxylation sites is 1. The van der Waals surface area contributed by atoms with E-state index < -0.39 is 23.6 Å². The summed E-state index contributed by atoms with van der Waals surface area (Å²) in [4.78, 5) is 24.3. The Morgan fingerprint density at radius 3 is 2.43 bits per heavy atom. The van der Waals surface area contributed by atoms with Crippen LogP contribution in [0.5, 0.6) is 0 Å². The van der Waals surface area contributed by atoms with Gasteiger partial charge in [-0.15, -0.1) is 0 Å². The number of carbonyl (C=O) groups excluding carboxylic acids is 2. The van der Waals surface area contributed by atoms with Crippen molar-refractivity contribution in [3.63, 3.8) is 0 Å². The lowest BCUT2D eigenvalue weighted by Gasteiger charge is -2.20. The summed E-state index contributed by atoms with van der Waals surface area (Å²) >= 11 is 0. The number of amides is 2. The second-order valence-corrected chi connectivity index (χ2v) is 4.20. The Hall–Kier alpha value is -2.09. The molecule has 0 unspecified atom stereocenters. The highest BCUT2D eigenvalue weighted by Crippen LogP contribution is 2.34. The van der Waals surface area contributed by atoms with Crippen molar-refractivity contribution >= 4 is 17.5 Å². The van der Waals surface area contributed by atoms with Crippen LogP contribution in [0.25, 0.3) is 0 Å². The number of anilines is 1. The molecule has 0 radical (unpaired) electrons. The van der Waals surface area contributed by atoms with Gasteiger partial charge in [-0.3, -0.25) is 9.59 Å². The van der Waals surface area contributed by atoms with Crippen molar-refractivity contribution in [3.8, 4) is 0 Å². The number of nitrogens with zero attached hydrogens (tertiary/aromatic N) is 1. The topological polar surface area (TPSA) is 75.4 Å². The van der Waals surface area contributed by atoms with Crippen molar-refractivity contribution in [3.05, 3.63) is 29.8 Å². The summed E-state index contributed by atoms with van der Waals surface area (Å²) in [7, 11) is 0. The third kappa shape index (κ3) is 4.75. The van der Waals surface area contributed by atoms with Gasteiger partial charge in [0.2, 0.25) is 11.8 Å². The van der Waals surface area contributed by atoms with E-state index in [-0.39, 0.29) is 25.3 Å². The number of hydrogen-bond donors (Lipinski definition) is 2. The first-order chi connectivity index (χ1) is 9.79. The zero-order valence-electron chi connectivity index (χ0n) is 11.4. The van der Waals surface area contributed by atoms with Crippen molar-refractivity contribution in [2.24, 2.45) is 5.73 Å². The number of rotatable bonds is 5. The highest BCUT2D eigenvalue weighted by atomic mass is 19.4. The summed E-state index contributed by atoms with van der Waals surface area (Å²) in [5.41, 5.74) is 3.91. The van der Waals surface area contributed by atoms with Crippen LogP contribution in [0.2, 0.25) is 0 Å². The van der Waals surface area contributed by atoms with E-state index in [2.05, 4.69) is 5.32 Å². The first-order valence-electron chi connectivity index (χ1n) is 6.23. The van der Waals surface area contributed by atoms with Crippen molar-refractivity contribution in [2.45, 2.75) is 13.1 Å². The SMILES string of the molecule is CCN(CC(=O)Nc1ccccc1C(F)(F)F)C(=O)CN. The number of carbonyl (C=O) groups is 2. The molecule has 0 atom stereocenters. The van der Waals surface area contributed by atoms with Gasteiger partial charge in [0.15, 0.2) is 0 Å². The van der Waals surface area contributed by atoms with Gasteiger partial charge in [0.25, 0.3) is 0 Å². The molecule has 1 rings (SSSR count). The predicted molar refractivity (Wildman–Crippen MR) is 71.4 cm³/mol. The van der Waals surface area contributed by atoms with Crippen LogP contribution < -0.4 is 11.1 Å². The second kappa shape index (κ2) is 7.07. The fourth-order valence-corrected chi connectivity index (χ4v) is 1.71. The lowest BCUT2D eigenvalue weighted by atomic mass is 10.1. The predicted octanol–water partition coefficient (Wildman–Crippen LogP) is 1.45. The highest BCUT2D eigenvalue weighted by molar-refractivity contribution is 5.95. The first-order valence-corrected chi connectivity index (χ1v) is 6.23. The monoisotopic (exact) mass is 303 g/mol. The van der Waals surface area contributed by atoms with E-state index in [4.69, 9.17) is 5.73 Å². The van der Waals surface area contributed by atoms with E-state index in [0.29, 0.717) is 0 Å². The van der Waals surface area contributed by atoms with Crippen molar-refractivity contribution in [1.29, 1.82) is 0 Å². The average Bonchev–Trinajstić information content (AvgIpc) is 2.43. The number of nitrogens with two attached hydrogens (primary N) is 1. The third-order valence-corrected chi connectivity index (χ3v) is 2.75. The molecule has 0 spiro atoms. The summed E-state index contributed by atoms with van der Waals surface area (Å²) in [6.45, 7) is 1.27. The molecule has 116 valence electrons. The molecule has 0 aliphatic carbocycles. The van der Waals surface area contributed by atoms with Crippen LogP contribution in [-0.2, 0) is 15.8 Å². The molecule has 1 aromatic carbocycles. The van der Waals surface area contributed by atoms with Crippen LogP contribution in [0, 0.1) is 0 Å². The molecule has 1 aromatic rings. The van der Waals surface area contributed by atoms with Gasteiger partial charge < -0.3 is 16.0 Å². The molecule has 0 aliphatic rings. The van der Waals surface area contributed by atoms with Gasteiger partial charge in [-0.05, 0) is 19.1 Å². The maximum Gasteiger partial charge on any atom is 0.418 e.